The molecule has 1 aromatic rings. The number of hydrogen-bond acceptors (Lipinski definition) is 3. The molecule has 4 nitrogen and oxygen atoms in total. The fourth-order valence-electron chi connectivity index (χ4n) is 0.902. The van der Waals surface area contributed by atoms with Gasteiger partial charge in [-0.3, -0.25) is 0 Å². The van der Waals surface area contributed by atoms with Crippen LogP contribution < -0.4 is 4.90 Å². The Kier molecular flexibility index (Phi) is 6.13. The van der Waals surface area contributed by atoms with E-state index in [4.69, 9.17) is 5.11 Å². The van der Waals surface area contributed by atoms with Crippen LogP contribution in [0.3, 0.4) is 0 Å². The van der Waals surface area contributed by atoms with E-state index in [0.29, 0.717) is 5.56 Å². The van der Waals surface area contributed by atoms with Crippen LogP contribution in [0.4, 0.5) is 5.69 Å². The first kappa shape index (κ1) is 13.4. The minimum absolute atomic E-state index is 0.320. The summed E-state index contributed by atoms with van der Waals surface area (Å²) in [5.41, 5.74) is 1.32. The SMILES string of the molecule is CN(C)c1ccc(C(=O)O)cc1.COC. The number of anilines is 1. The Bertz CT molecular complexity index is 293. The van der Waals surface area contributed by atoms with Crippen molar-refractivity contribution in [2.45, 2.75) is 0 Å². The van der Waals surface area contributed by atoms with E-state index in [-0.39, 0.29) is 0 Å². The van der Waals surface area contributed by atoms with E-state index < -0.39 is 5.97 Å². The lowest BCUT2D eigenvalue weighted by Crippen LogP contribution is -2.08. The Labute approximate surface area is 90.1 Å². The van der Waals surface area contributed by atoms with Gasteiger partial charge in [0.25, 0.3) is 0 Å². The molecule has 15 heavy (non-hydrogen) atoms. The molecule has 0 atom stereocenters. The van der Waals surface area contributed by atoms with Crippen LogP contribution in [0.2, 0.25) is 0 Å². The lowest BCUT2D eigenvalue weighted by atomic mass is 10.2. The van der Waals surface area contributed by atoms with Crippen molar-refractivity contribution in [1.82, 2.24) is 0 Å². The van der Waals surface area contributed by atoms with Gasteiger partial charge in [-0.05, 0) is 24.3 Å². The van der Waals surface area contributed by atoms with Gasteiger partial charge < -0.3 is 14.7 Å². The molecule has 84 valence electrons. The van der Waals surface area contributed by atoms with Gasteiger partial charge in [-0.15, -0.1) is 0 Å². The molecule has 4 heteroatoms. The van der Waals surface area contributed by atoms with Crippen molar-refractivity contribution >= 4 is 11.7 Å². The van der Waals surface area contributed by atoms with Crippen LogP contribution >= 0.6 is 0 Å². The first-order valence-corrected chi connectivity index (χ1v) is 4.43. The molecule has 0 fully saturated rings. The van der Waals surface area contributed by atoms with Gasteiger partial charge in [-0.2, -0.15) is 0 Å². The van der Waals surface area contributed by atoms with E-state index >= 15 is 0 Å². The zero-order valence-corrected chi connectivity index (χ0v) is 9.52. The lowest BCUT2D eigenvalue weighted by Gasteiger charge is -2.11. The van der Waals surface area contributed by atoms with Crippen LogP contribution in [-0.4, -0.2) is 39.4 Å². The summed E-state index contributed by atoms with van der Waals surface area (Å²) >= 11 is 0. The minimum atomic E-state index is -0.889. The predicted molar refractivity (Wildman–Crippen MR) is 60.7 cm³/mol. The Hall–Kier alpha value is -1.55. The molecule has 0 bridgehead atoms. The molecule has 1 N–H and O–H groups in total. The first-order chi connectivity index (χ1) is 7.02. The molecule has 0 aromatic heterocycles. The van der Waals surface area contributed by atoms with Crippen LogP contribution in [-0.2, 0) is 4.74 Å². The number of carbonyl (C=O) groups is 1. The fourth-order valence-corrected chi connectivity index (χ4v) is 0.902. The monoisotopic (exact) mass is 211 g/mol. The third-order valence-corrected chi connectivity index (χ3v) is 1.63. The second kappa shape index (κ2) is 6.84. The van der Waals surface area contributed by atoms with E-state index in [1.54, 1.807) is 38.5 Å². The zero-order valence-electron chi connectivity index (χ0n) is 9.52. The van der Waals surface area contributed by atoms with Gasteiger partial charge in [0.15, 0.2) is 0 Å². The van der Waals surface area contributed by atoms with Crippen molar-refractivity contribution in [1.29, 1.82) is 0 Å². The summed E-state index contributed by atoms with van der Waals surface area (Å²) in [5, 5.41) is 8.60. The Morgan fingerprint density at radius 2 is 1.60 bits per heavy atom. The van der Waals surface area contributed by atoms with Crippen LogP contribution in [0.15, 0.2) is 24.3 Å². The largest absolute Gasteiger partial charge is 0.478 e. The molecule has 0 aliphatic rings. The molecule has 0 radical (unpaired) electrons. The lowest BCUT2D eigenvalue weighted by molar-refractivity contribution is 0.0697. The van der Waals surface area contributed by atoms with Gasteiger partial charge in [0.1, 0.15) is 0 Å². The van der Waals surface area contributed by atoms with Gasteiger partial charge in [0.2, 0.25) is 0 Å². The third-order valence-electron chi connectivity index (χ3n) is 1.63. The highest BCUT2D eigenvalue weighted by molar-refractivity contribution is 5.88. The van der Waals surface area contributed by atoms with E-state index in [2.05, 4.69) is 4.74 Å². The molecule has 1 rings (SSSR count). The Morgan fingerprint density at radius 1 is 1.20 bits per heavy atom. The van der Waals surface area contributed by atoms with Crippen molar-refractivity contribution in [3.05, 3.63) is 29.8 Å². The molecule has 0 unspecified atom stereocenters. The van der Waals surface area contributed by atoms with Gasteiger partial charge in [-0.1, -0.05) is 0 Å². The summed E-state index contributed by atoms with van der Waals surface area (Å²) in [7, 11) is 7.07. The average molecular weight is 211 g/mol. The molecule has 1 aromatic carbocycles. The summed E-state index contributed by atoms with van der Waals surface area (Å²) in [5.74, 6) is -0.889. The second-order valence-corrected chi connectivity index (χ2v) is 3.15. The van der Waals surface area contributed by atoms with Crippen molar-refractivity contribution < 1.29 is 14.6 Å². The van der Waals surface area contributed by atoms with Crippen LogP contribution in [0, 0.1) is 0 Å². The maximum absolute atomic E-state index is 10.5. The van der Waals surface area contributed by atoms with Gasteiger partial charge in [0.05, 0.1) is 5.56 Å². The summed E-state index contributed by atoms with van der Waals surface area (Å²) in [4.78, 5) is 12.4. The minimum Gasteiger partial charge on any atom is -0.478 e. The second-order valence-electron chi connectivity index (χ2n) is 3.15. The number of ether oxygens (including phenoxy) is 1. The molecule has 0 aliphatic carbocycles. The number of benzene rings is 1. The number of rotatable bonds is 2. The highest BCUT2D eigenvalue weighted by atomic mass is 16.4. The highest BCUT2D eigenvalue weighted by Crippen LogP contribution is 2.11. The average Bonchev–Trinajstić information content (AvgIpc) is 2.19. The van der Waals surface area contributed by atoms with Crippen molar-refractivity contribution in [3.8, 4) is 0 Å². The number of hydrogen-bond donors (Lipinski definition) is 1. The van der Waals surface area contributed by atoms with Gasteiger partial charge >= 0.3 is 5.97 Å². The number of nitrogens with zero attached hydrogens (tertiary/aromatic N) is 1. The molecule has 0 heterocycles. The van der Waals surface area contributed by atoms with Crippen LogP contribution in [0.25, 0.3) is 0 Å². The van der Waals surface area contributed by atoms with Crippen LogP contribution in [0.1, 0.15) is 10.4 Å². The van der Waals surface area contributed by atoms with E-state index in [1.807, 2.05) is 19.0 Å². The standard InChI is InChI=1S/C9H11NO2.C2H6O/c1-10(2)8-5-3-7(4-6-8)9(11)12;1-3-2/h3-6H,1-2H3,(H,11,12);1-2H3. The molecular formula is C11H17NO3. The normalized spacial score (nSPS) is 8.80. The van der Waals surface area contributed by atoms with Crippen molar-refractivity contribution in [3.63, 3.8) is 0 Å². The highest BCUT2D eigenvalue weighted by Gasteiger charge is 2.01. The van der Waals surface area contributed by atoms with E-state index in [1.165, 1.54) is 0 Å². The quantitative estimate of drug-likeness (QED) is 0.809. The molecular weight excluding hydrogens is 194 g/mol. The summed E-state index contributed by atoms with van der Waals surface area (Å²) < 4.78 is 4.25. The predicted octanol–water partition coefficient (Wildman–Crippen LogP) is 1.71. The number of methoxy groups -OCH3 is 1. The third kappa shape index (κ3) is 5.02. The molecule has 0 saturated heterocycles. The van der Waals surface area contributed by atoms with Gasteiger partial charge in [0, 0.05) is 34.0 Å². The molecule has 0 amide bonds. The number of carboxylic acid groups (broad SMARTS) is 1. The van der Waals surface area contributed by atoms with E-state index in [0.717, 1.165) is 5.69 Å². The Morgan fingerprint density at radius 3 is 1.87 bits per heavy atom. The first-order valence-electron chi connectivity index (χ1n) is 4.43. The fraction of sp³-hybridized carbons (Fsp3) is 0.364. The Balaban J connectivity index is 0.000000583. The summed E-state index contributed by atoms with van der Waals surface area (Å²) in [6.45, 7) is 0. The summed E-state index contributed by atoms with van der Waals surface area (Å²) in [6, 6.07) is 6.75. The number of aromatic carboxylic acids is 1. The maximum Gasteiger partial charge on any atom is 0.335 e. The van der Waals surface area contributed by atoms with Gasteiger partial charge in [-0.25, -0.2) is 4.79 Å². The molecule has 0 spiro atoms. The zero-order chi connectivity index (χ0) is 11.8. The topological polar surface area (TPSA) is 49.8 Å². The van der Waals surface area contributed by atoms with Crippen molar-refractivity contribution in [2.75, 3.05) is 33.2 Å². The molecule has 0 saturated carbocycles. The van der Waals surface area contributed by atoms with Crippen LogP contribution in [0.5, 0.6) is 0 Å². The summed E-state index contributed by atoms with van der Waals surface area (Å²) in [6.07, 6.45) is 0. The number of carboxylic acids is 1. The molecule has 0 aliphatic heterocycles. The van der Waals surface area contributed by atoms with E-state index in [9.17, 15) is 4.79 Å². The smallest absolute Gasteiger partial charge is 0.335 e. The van der Waals surface area contributed by atoms with Crippen molar-refractivity contribution in [2.24, 2.45) is 0 Å². The maximum atomic E-state index is 10.5.